The van der Waals surface area contributed by atoms with Crippen LogP contribution in [0.4, 0.5) is 0 Å². The Morgan fingerprint density at radius 2 is 2.20 bits per heavy atom. The molecule has 0 fully saturated rings. The summed E-state index contributed by atoms with van der Waals surface area (Å²) in [6.45, 7) is 2.03. The number of benzene rings is 1. The van der Waals surface area contributed by atoms with Gasteiger partial charge in [-0.2, -0.15) is 5.48 Å². The number of hydroxylamine groups is 1. The van der Waals surface area contributed by atoms with Crippen LogP contribution in [0.2, 0.25) is 0 Å². The fourth-order valence-electron chi connectivity index (χ4n) is 0.797. The average Bonchev–Trinajstić information content (AvgIpc) is 1.88. The van der Waals surface area contributed by atoms with Crippen LogP contribution in [0, 0.1) is 6.92 Å². The van der Waals surface area contributed by atoms with Gasteiger partial charge in [-0.25, -0.2) is 0 Å². The van der Waals surface area contributed by atoms with Gasteiger partial charge < -0.3 is 4.84 Å². The van der Waals surface area contributed by atoms with E-state index in [9.17, 15) is 0 Å². The lowest BCUT2D eigenvalue weighted by Gasteiger charge is -2.01. The zero-order valence-corrected chi connectivity index (χ0v) is 6.22. The highest BCUT2D eigenvalue weighted by Crippen LogP contribution is 2.10. The van der Waals surface area contributed by atoms with Crippen molar-refractivity contribution in [3.05, 3.63) is 29.8 Å². The topological polar surface area (TPSA) is 21.3 Å². The van der Waals surface area contributed by atoms with Crippen LogP contribution in [0.15, 0.2) is 24.3 Å². The molecule has 0 radical (unpaired) electrons. The lowest BCUT2D eigenvalue weighted by molar-refractivity contribution is 0.223. The first kappa shape index (κ1) is 7.09. The minimum Gasteiger partial charge on any atom is -0.409 e. The smallest absolute Gasteiger partial charge is 0.147 e. The average molecular weight is 137 g/mol. The van der Waals surface area contributed by atoms with Gasteiger partial charge >= 0.3 is 0 Å². The third kappa shape index (κ3) is 1.74. The Bertz CT molecular complexity index is 210. The number of nitrogens with one attached hydrogen (secondary N) is 1. The van der Waals surface area contributed by atoms with Crippen LogP contribution >= 0.6 is 0 Å². The Morgan fingerprint density at radius 1 is 1.40 bits per heavy atom. The zero-order chi connectivity index (χ0) is 7.40. The molecule has 0 amide bonds. The van der Waals surface area contributed by atoms with E-state index in [0.717, 1.165) is 5.75 Å². The van der Waals surface area contributed by atoms with E-state index in [-0.39, 0.29) is 0 Å². The van der Waals surface area contributed by atoms with Crippen molar-refractivity contribution in [3.8, 4) is 5.75 Å². The maximum Gasteiger partial charge on any atom is 0.147 e. The van der Waals surface area contributed by atoms with Gasteiger partial charge in [0.15, 0.2) is 0 Å². The number of hydrogen-bond donors (Lipinski definition) is 1. The molecular formula is C8H11NO. The summed E-state index contributed by atoms with van der Waals surface area (Å²) in [6, 6.07) is 7.87. The maximum absolute atomic E-state index is 5.04. The van der Waals surface area contributed by atoms with Gasteiger partial charge in [0.2, 0.25) is 0 Å². The van der Waals surface area contributed by atoms with Crippen LogP contribution in [0.3, 0.4) is 0 Å². The molecule has 1 aromatic carbocycles. The Balaban J connectivity index is 2.75. The molecule has 2 nitrogen and oxygen atoms in total. The Kier molecular flexibility index (Phi) is 2.29. The molecule has 54 valence electrons. The summed E-state index contributed by atoms with van der Waals surface area (Å²) in [7, 11) is 1.74. The maximum atomic E-state index is 5.04. The van der Waals surface area contributed by atoms with Gasteiger partial charge in [-0.05, 0) is 24.6 Å². The van der Waals surface area contributed by atoms with Crippen LogP contribution in [0.25, 0.3) is 0 Å². The Hall–Kier alpha value is -1.02. The molecule has 0 atom stereocenters. The monoisotopic (exact) mass is 137 g/mol. The van der Waals surface area contributed by atoms with Gasteiger partial charge in [0.05, 0.1) is 0 Å². The van der Waals surface area contributed by atoms with E-state index in [0.29, 0.717) is 0 Å². The predicted octanol–water partition coefficient (Wildman–Crippen LogP) is 1.51. The van der Waals surface area contributed by atoms with E-state index in [2.05, 4.69) is 5.48 Å². The van der Waals surface area contributed by atoms with Crippen molar-refractivity contribution in [1.82, 2.24) is 5.48 Å². The van der Waals surface area contributed by atoms with E-state index in [1.165, 1.54) is 5.56 Å². The summed E-state index contributed by atoms with van der Waals surface area (Å²) < 4.78 is 0. The van der Waals surface area contributed by atoms with Gasteiger partial charge in [0.25, 0.3) is 0 Å². The SMILES string of the molecule is CNOc1cccc(C)c1. The molecule has 10 heavy (non-hydrogen) atoms. The molecule has 0 aromatic heterocycles. The van der Waals surface area contributed by atoms with Crippen LogP contribution < -0.4 is 10.3 Å². The minimum atomic E-state index is 0.850. The fraction of sp³-hybridized carbons (Fsp3) is 0.250. The predicted molar refractivity (Wildman–Crippen MR) is 40.9 cm³/mol. The van der Waals surface area contributed by atoms with Gasteiger partial charge in [-0.3, -0.25) is 0 Å². The molecule has 1 N–H and O–H groups in total. The first-order valence-electron chi connectivity index (χ1n) is 3.23. The quantitative estimate of drug-likeness (QED) is 0.624. The second-order valence-electron chi connectivity index (χ2n) is 2.12. The number of hydrogen-bond acceptors (Lipinski definition) is 2. The molecule has 0 aliphatic heterocycles. The lowest BCUT2D eigenvalue weighted by atomic mass is 10.2. The van der Waals surface area contributed by atoms with Crippen molar-refractivity contribution >= 4 is 0 Å². The van der Waals surface area contributed by atoms with E-state index >= 15 is 0 Å². The largest absolute Gasteiger partial charge is 0.409 e. The molecule has 0 aliphatic carbocycles. The van der Waals surface area contributed by atoms with Crippen molar-refractivity contribution in [2.75, 3.05) is 7.05 Å². The lowest BCUT2D eigenvalue weighted by Crippen LogP contribution is -2.10. The summed E-state index contributed by atoms with van der Waals surface area (Å²) >= 11 is 0. The molecule has 1 aromatic rings. The number of rotatable bonds is 2. The Morgan fingerprint density at radius 3 is 2.80 bits per heavy atom. The van der Waals surface area contributed by atoms with Crippen molar-refractivity contribution in [2.24, 2.45) is 0 Å². The molecular weight excluding hydrogens is 126 g/mol. The van der Waals surface area contributed by atoms with E-state index < -0.39 is 0 Å². The normalized spacial score (nSPS) is 9.40. The third-order valence-corrected chi connectivity index (χ3v) is 1.21. The molecule has 0 heterocycles. The highest BCUT2D eigenvalue weighted by molar-refractivity contribution is 5.26. The van der Waals surface area contributed by atoms with Gasteiger partial charge in [-0.15, -0.1) is 0 Å². The summed E-state index contributed by atoms with van der Waals surface area (Å²) in [5.41, 5.74) is 3.81. The standard InChI is InChI=1S/C8H11NO/c1-7-4-3-5-8(6-7)10-9-2/h3-6,9H,1-2H3. The minimum absolute atomic E-state index is 0.850. The zero-order valence-electron chi connectivity index (χ0n) is 6.22. The first-order valence-corrected chi connectivity index (χ1v) is 3.23. The van der Waals surface area contributed by atoms with Gasteiger partial charge in [0, 0.05) is 7.05 Å². The van der Waals surface area contributed by atoms with Crippen LogP contribution in [0.5, 0.6) is 5.75 Å². The van der Waals surface area contributed by atoms with Crippen molar-refractivity contribution in [3.63, 3.8) is 0 Å². The Labute approximate surface area is 60.8 Å². The highest BCUT2D eigenvalue weighted by atomic mass is 16.6. The summed E-state index contributed by atoms with van der Waals surface area (Å²) in [5.74, 6) is 0.850. The molecule has 0 saturated carbocycles. The molecule has 1 rings (SSSR count). The van der Waals surface area contributed by atoms with E-state index in [4.69, 9.17) is 4.84 Å². The van der Waals surface area contributed by atoms with Crippen LogP contribution in [-0.2, 0) is 0 Å². The van der Waals surface area contributed by atoms with E-state index in [1.54, 1.807) is 7.05 Å². The summed E-state index contributed by atoms with van der Waals surface area (Å²) in [4.78, 5) is 5.04. The molecule has 0 saturated heterocycles. The molecule has 0 spiro atoms. The van der Waals surface area contributed by atoms with Crippen LogP contribution in [0.1, 0.15) is 5.56 Å². The molecule has 2 heteroatoms. The van der Waals surface area contributed by atoms with Crippen LogP contribution in [-0.4, -0.2) is 7.05 Å². The van der Waals surface area contributed by atoms with Crippen molar-refractivity contribution in [1.29, 1.82) is 0 Å². The number of aryl methyl sites for hydroxylation is 1. The molecule has 0 bridgehead atoms. The highest BCUT2D eigenvalue weighted by Gasteiger charge is 1.89. The van der Waals surface area contributed by atoms with Crippen molar-refractivity contribution < 1.29 is 4.84 Å². The first-order chi connectivity index (χ1) is 4.83. The second kappa shape index (κ2) is 3.22. The fourth-order valence-corrected chi connectivity index (χ4v) is 0.797. The summed E-state index contributed by atoms with van der Waals surface area (Å²) in [6.07, 6.45) is 0. The second-order valence-corrected chi connectivity index (χ2v) is 2.12. The van der Waals surface area contributed by atoms with E-state index in [1.807, 2.05) is 31.2 Å². The third-order valence-electron chi connectivity index (χ3n) is 1.21. The van der Waals surface area contributed by atoms with Gasteiger partial charge in [-0.1, -0.05) is 12.1 Å². The summed E-state index contributed by atoms with van der Waals surface area (Å²) in [5, 5.41) is 0. The van der Waals surface area contributed by atoms with Crippen molar-refractivity contribution in [2.45, 2.75) is 6.92 Å². The molecule has 0 aliphatic rings. The van der Waals surface area contributed by atoms with Gasteiger partial charge in [0.1, 0.15) is 5.75 Å². The molecule has 0 unspecified atom stereocenters.